The first-order valence-electron chi connectivity index (χ1n) is 27.1. The van der Waals surface area contributed by atoms with Gasteiger partial charge >= 0.3 is 0 Å². The Morgan fingerprint density at radius 3 is 2.08 bits per heavy atom. The number of aromatic nitrogens is 1. The molecule has 0 spiro atoms. The molecule has 4 aliphatic heterocycles. The Kier molecular flexibility index (Phi) is 17.2. The zero-order valence-corrected chi connectivity index (χ0v) is 44.0. The fourth-order valence-corrected chi connectivity index (χ4v) is 11.3. The number of carbonyl (C=O) groups is 6. The molecule has 0 aliphatic carbocycles. The van der Waals surface area contributed by atoms with Gasteiger partial charge in [-0.1, -0.05) is 103 Å². The van der Waals surface area contributed by atoms with E-state index < -0.39 is 71.4 Å². The lowest BCUT2D eigenvalue weighted by Gasteiger charge is -2.43. The van der Waals surface area contributed by atoms with Crippen LogP contribution in [0.5, 0.6) is 11.5 Å². The highest BCUT2D eigenvalue weighted by Gasteiger charge is 2.45. The van der Waals surface area contributed by atoms with Crippen molar-refractivity contribution in [3.8, 4) is 11.5 Å². The van der Waals surface area contributed by atoms with Gasteiger partial charge in [0.1, 0.15) is 42.3 Å². The number of benzene rings is 5. The summed E-state index contributed by atoms with van der Waals surface area (Å²) >= 11 is 0. The number of aromatic amines is 1. The molecule has 17 heteroatoms. The molecule has 4 aliphatic rings. The van der Waals surface area contributed by atoms with E-state index in [0.29, 0.717) is 56.3 Å². The van der Waals surface area contributed by atoms with Gasteiger partial charge in [0.05, 0.1) is 32.3 Å². The largest absolute Gasteiger partial charge is 0.496 e. The number of nitrogens with one attached hydrogen (secondary N) is 5. The van der Waals surface area contributed by atoms with Crippen molar-refractivity contribution < 1.29 is 43.0 Å². The third-order valence-corrected chi connectivity index (χ3v) is 15.6. The standard InChI is InChI=1S/C61H68N8O9/c1-76-55-18-10-17-48-56(55)45(35-63-48)32-50-54(70)34-46(36-67-27-25-62-26-28-67)57(71)66-51(31-41-19-22-47(23-20-41)78-38-42-13-6-3-7-14-42)60(74)69-37-44-16-9-8-15-43(44)33-52(69)61(75)68-29-30-77-39-53(68)59(73)64-49(58(72)65-50)24-21-40-11-4-2-5-12-40/h2-20,22-23,35,46,49-53,62-63H,21,24-34,36-39H2,1H3,(H,64,73)(H,65,72)(H,66,71)/t46-,49+,50+,51-,52-,53-/m0/s1. The summed E-state index contributed by atoms with van der Waals surface area (Å²) in [6.07, 6.45) is 2.29. The maximum atomic E-state index is 15.7. The Balaban J connectivity index is 1.04. The van der Waals surface area contributed by atoms with E-state index in [9.17, 15) is 4.79 Å². The predicted molar refractivity (Wildman–Crippen MR) is 293 cm³/mol. The third kappa shape index (κ3) is 12.8. The lowest BCUT2D eigenvalue weighted by molar-refractivity contribution is -0.157. The Bertz CT molecular complexity index is 3070. The Hall–Kier alpha value is -7.86. The number of fused-ring (bicyclic) bond motifs is 4. The highest BCUT2D eigenvalue weighted by Crippen LogP contribution is 2.31. The maximum Gasteiger partial charge on any atom is 0.246 e. The van der Waals surface area contributed by atoms with Crippen molar-refractivity contribution in [1.82, 2.24) is 41.0 Å². The van der Waals surface area contributed by atoms with Crippen LogP contribution < -0.4 is 30.7 Å². The molecule has 0 unspecified atom stereocenters. The summed E-state index contributed by atoms with van der Waals surface area (Å²) in [4.78, 5) is 100. The van der Waals surface area contributed by atoms with Gasteiger partial charge in [0.2, 0.25) is 29.5 Å². The van der Waals surface area contributed by atoms with Crippen LogP contribution in [0.2, 0.25) is 0 Å². The minimum Gasteiger partial charge on any atom is -0.496 e. The quantitative estimate of drug-likeness (QED) is 0.110. The van der Waals surface area contributed by atoms with Crippen molar-refractivity contribution in [3.05, 3.63) is 167 Å². The summed E-state index contributed by atoms with van der Waals surface area (Å²) < 4.78 is 17.8. The fourth-order valence-electron chi connectivity index (χ4n) is 11.3. The molecule has 10 rings (SSSR count). The number of hydrogen-bond acceptors (Lipinski definition) is 11. The Labute approximate surface area is 454 Å². The number of rotatable bonds is 13. The molecule has 5 amide bonds. The van der Waals surface area contributed by atoms with E-state index in [1.165, 1.54) is 4.90 Å². The van der Waals surface area contributed by atoms with Crippen molar-refractivity contribution in [1.29, 1.82) is 0 Å². The second kappa shape index (κ2) is 25.1. The average Bonchev–Trinajstić information content (AvgIpc) is 4.01. The van der Waals surface area contributed by atoms with Crippen LogP contribution in [0.3, 0.4) is 0 Å². The number of nitrogens with zero attached hydrogens (tertiary/aromatic N) is 3. The molecule has 78 heavy (non-hydrogen) atoms. The average molecular weight is 1060 g/mol. The smallest absolute Gasteiger partial charge is 0.246 e. The summed E-state index contributed by atoms with van der Waals surface area (Å²) in [5.41, 5.74) is 5.87. The Morgan fingerprint density at radius 1 is 0.615 bits per heavy atom. The highest BCUT2D eigenvalue weighted by atomic mass is 16.5. The van der Waals surface area contributed by atoms with Gasteiger partial charge < -0.3 is 55.2 Å². The highest BCUT2D eigenvalue weighted by molar-refractivity contribution is 5.99. The van der Waals surface area contributed by atoms with Crippen LogP contribution in [0.4, 0.5) is 0 Å². The van der Waals surface area contributed by atoms with E-state index in [-0.39, 0.29) is 65.0 Å². The van der Waals surface area contributed by atoms with Crippen LogP contribution in [0.1, 0.15) is 46.2 Å². The number of Topliss-reactive ketones (excluding diaryl/α,β-unsaturated/α-hetero) is 1. The molecule has 3 saturated heterocycles. The zero-order chi connectivity index (χ0) is 54.0. The molecule has 0 saturated carbocycles. The first-order chi connectivity index (χ1) is 38.1. The Morgan fingerprint density at radius 2 is 1.32 bits per heavy atom. The van der Waals surface area contributed by atoms with Gasteiger partial charge in [-0.15, -0.1) is 0 Å². The molecule has 0 radical (unpaired) electrons. The molecular formula is C61H68N8O9. The van der Waals surface area contributed by atoms with E-state index in [4.69, 9.17) is 14.2 Å². The van der Waals surface area contributed by atoms with E-state index in [2.05, 4.69) is 31.2 Å². The molecule has 0 bridgehead atoms. The van der Waals surface area contributed by atoms with Crippen molar-refractivity contribution in [2.75, 3.05) is 59.6 Å². The van der Waals surface area contributed by atoms with Gasteiger partial charge in [-0.3, -0.25) is 28.8 Å². The van der Waals surface area contributed by atoms with Crippen LogP contribution in [-0.4, -0.2) is 145 Å². The minimum absolute atomic E-state index is 0.0228. The van der Waals surface area contributed by atoms with E-state index >= 15 is 24.0 Å². The van der Waals surface area contributed by atoms with Crippen molar-refractivity contribution in [2.24, 2.45) is 5.92 Å². The number of piperazine rings is 1. The van der Waals surface area contributed by atoms with Gasteiger partial charge in [-0.2, -0.15) is 0 Å². The normalized spacial score (nSPS) is 23.0. The van der Waals surface area contributed by atoms with E-state index in [0.717, 1.165) is 38.7 Å². The monoisotopic (exact) mass is 1060 g/mol. The van der Waals surface area contributed by atoms with Gasteiger partial charge in [-0.05, 0) is 70.5 Å². The van der Waals surface area contributed by atoms with Crippen molar-refractivity contribution in [3.63, 3.8) is 0 Å². The molecule has 6 atom stereocenters. The van der Waals surface area contributed by atoms with Gasteiger partial charge in [-0.25, -0.2) is 0 Å². The molecule has 406 valence electrons. The van der Waals surface area contributed by atoms with Crippen molar-refractivity contribution >= 4 is 46.2 Å². The maximum absolute atomic E-state index is 15.7. The molecule has 6 aromatic rings. The summed E-state index contributed by atoms with van der Waals surface area (Å²) in [5.74, 6) is -2.83. The number of aryl methyl sites for hydroxylation is 1. The summed E-state index contributed by atoms with van der Waals surface area (Å²) in [5, 5.41) is 13.3. The van der Waals surface area contributed by atoms with Gasteiger partial charge in [0.25, 0.3) is 0 Å². The number of amides is 5. The van der Waals surface area contributed by atoms with Crippen LogP contribution in [0.25, 0.3) is 10.9 Å². The first-order valence-corrected chi connectivity index (χ1v) is 27.1. The second-order valence-corrected chi connectivity index (χ2v) is 20.7. The summed E-state index contributed by atoms with van der Waals surface area (Å²) in [6, 6.07) is 34.2. The molecule has 5 N–H and O–H groups in total. The minimum atomic E-state index is -1.20. The fraction of sp³-hybridized carbons (Fsp3) is 0.377. The number of ketones is 1. The number of ether oxygens (including phenoxy) is 3. The molecule has 3 fully saturated rings. The number of hydrogen-bond donors (Lipinski definition) is 5. The topological polar surface area (TPSA) is 204 Å². The number of H-pyrrole nitrogens is 1. The predicted octanol–water partition coefficient (Wildman–Crippen LogP) is 4.30. The van der Waals surface area contributed by atoms with Crippen LogP contribution in [0, 0.1) is 5.92 Å². The summed E-state index contributed by atoms with van der Waals surface area (Å²) in [6.45, 7) is 3.27. The number of methoxy groups -OCH3 is 1. The number of morpholine rings is 1. The molecule has 5 heterocycles. The zero-order valence-electron chi connectivity index (χ0n) is 44.0. The van der Waals surface area contributed by atoms with Crippen LogP contribution in [0.15, 0.2) is 134 Å². The van der Waals surface area contributed by atoms with Gasteiger partial charge in [0.15, 0.2) is 5.78 Å². The van der Waals surface area contributed by atoms with Gasteiger partial charge in [0, 0.05) is 88.6 Å². The number of carbonyl (C=O) groups excluding carboxylic acids is 6. The SMILES string of the molecule is COc1cccc2[nH]cc(C[C@H]3NC(=O)[C@@H](CCc4ccccc4)NC(=O)[C@@H]4COCCN4C(=O)[C@@H]4Cc5ccccc5CN4C(=O)[C@H](Cc4ccc(OCc5ccccc5)cc4)NC(=O)[C@H](CN4CCNCC4)CC3=O)c12. The van der Waals surface area contributed by atoms with E-state index in [1.54, 1.807) is 18.2 Å². The lowest BCUT2D eigenvalue weighted by atomic mass is 9.90. The molecule has 5 aromatic carbocycles. The summed E-state index contributed by atoms with van der Waals surface area (Å²) in [7, 11) is 1.57. The van der Waals surface area contributed by atoms with Crippen molar-refractivity contribution in [2.45, 2.75) is 81.9 Å². The van der Waals surface area contributed by atoms with E-state index in [1.807, 2.05) is 127 Å². The van der Waals surface area contributed by atoms with Crippen LogP contribution in [-0.2, 0) is 72.3 Å². The van der Waals surface area contributed by atoms with Crippen LogP contribution >= 0.6 is 0 Å². The lowest BCUT2D eigenvalue weighted by Crippen LogP contribution is -2.64. The first kappa shape index (κ1) is 53.5. The second-order valence-electron chi connectivity index (χ2n) is 20.7. The molecule has 1 aromatic heterocycles. The molecule has 17 nitrogen and oxygen atoms in total. The third-order valence-electron chi connectivity index (χ3n) is 15.6. The molecular weight excluding hydrogens is 989 g/mol.